The first-order chi connectivity index (χ1) is 8.32. The van der Waals surface area contributed by atoms with Gasteiger partial charge in [-0.2, -0.15) is 14.0 Å². The summed E-state index contributed by atoms with van der Waals surface area (Å²) < 4.78 is 49.9. The van der Waals surface area contributed by atoms with Crippen molar-refractivity contribution in [1.82, 2.24) is 0 Å². The topological polar surface area (TPSA) is 44.1 Å². The molecule has 0 unspecified atom stereocenters. The normalized spacial score (nSPS) is 11.2. The van der Waals surface area contributed by atoms with Crippen molar-refractivity contribution < 1.29 is 22.4 Å². The number of nitriles is 1. The Labute approximate surface area is 100 Å². The Balaban J connectivity index is 3.12. The van der Waals surface area contributed by atoms with Gasteiger partial charge in [0, 0.05) is 7.05 Å². The number of nitrogens with zero attached hydrogens (tertiary/aromatic N) is 2. The van der Waals surface area contributed by atoms with Crippen molar-refractivity contribution in [3.63, 3.8) is 0 Å². The van der Waals surface area contributed by atoms with Gasteiger partial charge in [0.25, 0.3) is 0 Å². The van der Waals surface area contributed by atoms with Crippen LogP contribution in [0, 0.1) is 11.3 Å². The first-order valence-corrected chi connectivity index (χ1v) is 4.75. The molecule has 0 N–H and O–H groups in total. The summed E-state index contributed by atoms with van der Waals surface area (Å²) >= 11 is 0. The molecule has 18 heavy (non-hydrogen) atoms. The van der Waals surface area contributed by atoms with Crippen LogP contribution in [0.15, 0.2) is 24.3 Å². The molecule has 0 atom stereocenters. The van der Waals surface area contributed by atoms with Crippen molar-refractivity contribution in [2.24, 2.45) is 0 Å². The minimum Gasteiger partial charge on any atom is -0.309 e. The smallest absolute Gasteiger partial charge is 0.309 e. The molecule has 0 heterocycles. The van der Waals surface area contributed by atoms with Gasteiger partial charge in [0.1, 0.15) is 6.07 Å². The zero-order valence-electron chi connectivity index (χ0n) is 9.20. The van der Waals surface area contributed by atoms with Gasteiger partial charge in [-0.1, -0.05) is 12.1 Å². The van der Waals surface area contributed by atoms with E-state index in [1.807, 2.05) is 0 Å². The van der Waals surface area contributed by atoms with Crippen molar-refractivity contribution in [3.8, 4) is 6.07 Å². The summed E-state index contributed by atoms with van der Waals surface area (Å²) in [5, 5.41) is 8.74. The molecular weight excluding hydrogens is 252 g/mol. The molecule has 1 amide bonds. The van der Waals surface area contributed by atoms with E-state index in [-0.39, 0.29) is 11.3 Å². The van der Waals surface area contributed by atoms with Gasteiger partial charge in [-0.15, -0.1) is 0 Å². The van der Waals surface area contributed by atoms with Crippen molar-refractivity contribution >= 4 is 11.6 Å². The highest BCUT2D eigenvalue weighted by Gasteiger charge is 2.50. The van der Waals surface area contributed by atoms with E-state index in [9.17, 15) is 22.4 Å². The van der Waals surface area contributed by atoms with Gasteiger partial charge in [-0.05, 0) is 12.1 Å². The molecule has 0 spiro atoms. The molecule has 0 aromatic heterocycles. The quantitative estimate of drug-likeness (QED) is 0.783. The maximum Gasteiger partial charge on any atom is 0.384 e. The molecular formula is C11H8F4N2O. The van der Waals surface area contributed by atoms with E-state index in [1.54, 1.807) is 6.07 Å². The summed E-state index contributed by atoms with van der Waals surface area (Å²) in [6.07, 6.45) is -4.10. The second kappa shape index (κ2) is 5.04. The van der Waals surface area contributed by atoms with Gasteiger partial charge in [-0.25, -0.2) is 8.78 Å². The molecule has 7 heteroatoms. The lowest BCUT2D eigenvalue weighted by atomic mass is 10.1. The maximum absolute atomic E-state index is 12.9. The Morgan fingerprint density at radius 3 is 2.44 bits per heavy atom. The molecule has 1 rings (SSSR count). The van der Waals surface area contributed by atoms with E-state index in [1.165, 1.54) is 24.3 Å². The predicted octanol–water partition coefficient (Wildman–Crippen LogP) is 2.42. The summed E-state index contributed by atoms with van der Waals surface area (Å²) in [7, 11) is 0.912. The lowest BCUT2D eigenvalue weighted by Gasteiger charge is -2.23. The molecule has 1 aromatic carbocycles. The van der Waals surface area contributed by atoms with E-state index < -0.39 is 18.3 Å². The van der Waals surface area contributed by atoms with E-state index in [2.05, 4.69) is 0 Å². The van der Waals surface area contributed by atoms with Crippen LogP contribution in [0.5, 0.6) is 0 Å². The fourth-order valence-corrected chi connectivity index (χ4v) is 1.29. The molecule has 0 aliphatic rings. The third-order valence-electron chi connectivity index (χ3n) is 2.25. The number of halogens is 4. The number of hydrogen-bond donors (Lipinski definition) is 0. The highest BCUT2D eigenvalue weighted by atomic mass is 19.3. The van der Waals surface area contributed by atoms with Crippen LogP contribution in [-0.4, -0.2) is 25.3 Å². The second-order valence-electron chi connectivity index (χ2n) is 3.42. The van der Waals surface area contributed by atoms with Crippen LogP contribution in [-0.2, 0) is 4.79 Å². The van der Waals surface area contributed by atoms with Gasteiger partial charge < -0.3 is 4.90 Å². The summed E-state index contributed by atoms with van der Waals surface area (Å²) in [5.41, 5.74) is -0.205. The van der Waals surface area contributed by atoms with Crippen LogP contribution < -0.4 is 4.90 Å². The molecule has 0 bridgehead atoms. The lowest BCUT2D eigenvalue weighted by Crippen LogP contribution is -2.46. The lowest BCUT2D eigenvalue weighted by molar-refractivity contribution is -0.166. The van der Waals surface area contributed by atoms with Gasteiger partial charge in [0.15, 0.2) is 0 Å². The van der Waals surface area contributed by atoms with Crippen molar-refractivity contribution in [2.45, 2.75) is 12.3 Å². The van der Waals surface area contributed by atoms with Crippen LogP contribution in [0.1, 0.15) is 5.56 Å². The Hall–Kier alpha value is -2.10. The summed E-state index contributed by atoms with van der Waals surface area (Å²) in [4.78, 5) is 11.6. The number of rotatable bonds is 3. The summed E-state index contributed by atoms with van der Waals surface area (Å²) in [6.45, 7) is 0. The van der Waals surface area contributed by atoms with Crippen LogP contribution in [0.2, 0.25) is 0 Å². The number of carbonyl (C=O) groups excluding carboxylic acids is 1. The zero-order valence-corrected chi connectivity index (χ0v) is 9.20. The van der Waals surface area contributed by atoms with Crippen LogP contribution in [0.3, 0.4) is 0 Å². The van der Waals surface area contributed by atoms with Gasteiger partial charge >= 0.3 is 18.3 Å². The van der Waals surface area contributed by atoms with Gasteiger partial charge in [0.2, 0.25) is 0 Å². The summed E-state index contributed by atoms with van der Waals surface area (Å²) in [6, 6.07) is 7.06. The fraction of sp³-hybridized carbons (Fsp3) is 0.273. The summed E-state index contributed by atoms with van der Waals surface area (Å²) in [5.74, 6) is -6.84. The SMILES string of the molecule is CN(C(=O)C(F)(F)C(F)F)c1ccccc1C#N. The third kappa shape index (κ3) is 2.42. The first-order valence-electron chi connectivity index (χ1n) is 4.75. The molecule has 0 aliphatic heterocycles. The molecule has 0 radical (unpaired) electrons. The second-order valence-corrected chi connectivity index (χ2v) is 3.42. The zero-order chi connectivity index (χ0) is 13.9. The number of alkyl halides is 4. The van der Waals surface area contributed by atoms with Crippen LogP contribution >= 0.6 is 0 Å². The minimum absolute atomic E-state index is 0.0570. The van der Waals surface area contributed by atoms with E-state index in [0.717, 1.165) is 7.05 Å². The third-order valence-corrected chi connectivity index (χ3v) is 2.25. The molecule has 3 nitrogen and oxygen atoms in total. The number of carbonyl (C=O) groups is 1. The first kappa shape index (κ1) is 14.0. The van der Waals surface area contributed by atoms with E-state index in [0.29, 0.717) is 4.90 Å². The molecule has 96 valence electrons. The highest BCUT2D eigenvalue weighted by Crippen LogP contribution is 2.28. The average Bonchev–Trinajstić information content (AvgIpc) is 2.36. The predicted molar refractivity (Wildman–Crippen MR) is 55.5 cm³/mol. The van der Waals surface area contributed by atoms with Crippen molar-refractivity contribution in [3.05, 3.63) is 29.8 Å². The Bertz CT molecular complexity index is 496. The monoisotopic (exact) mass is 260 g/mol. The molecule has 0 aliphatic carbocycles. The molecule has 0 saturated carbocycles. The van der Waals surface area contributed by atoms with Crippen LogP contribution in [0.25, 0.3) is 0 Å². The maximum atomic E-state index is 12.9. The van der Waals surface area contributed by atoms with Crippen molar-refractivity contribution in [2.75, 3.05) is 11.9 Å². The fourth-order valence-electron chi connectivity index (χ4n) is 1.29. The average molecular weight is 260 g/mol. The molecule has 0 saturated heterocycles. The Kier molecular flexibility index (Phi) is 3.91. The van der Waals surface area contributed by atoms with E-state index >= 15 is 0 Å². The molecule has 0 fully saturated rings. The number of para-hydroxylation sites is 1. The molecule has 1 aromatic rings. The Morgan fingerprint density at radius 2 is 1.94 bits per heavy atom. The van der Waals surface area contributed by atoms with Crippen molar-refractivity contribution in [1.29, 1.82) is 5.26 Å². The highest BCUT2D eigenvalue weighted by molar-refractivity contribution is 5.99. The standard InChI is InChI=1S/C11H8F4N2O/c1-17(10(18)11(14,15)9(12)13)8-5-3-2-4-7(8)6-16/h2-5,9H,1H3. The number of benzene rings is 1. The van der Waals surface area contributed by atoms with Gasteiger partial charge in [0.05, 0.1) is 11.3 Å². The number of amides is 1. The number of hydrogen-bond acceptors (Lipinski definition) is 2. The minimum atomic E-state index is -4.78. The Morgan fingerprint density at radius 1 is 1.39 bits per heavy atom. The van der Waals surface area contributed by atoms with Crippen LogP contribution in [0.4, 0.5) is 23.2 Å². The van der Waals surface area contributed by atoms with E-state index in [4.69, 9.17) is 5.26 Å². The number of anilines is 1. The largest absolute Gasteiger partial charge is 0.384 e. The van der Waals surface area contributed by atoms with Gasteiger partial charge in [-0.3, -0.25) is 4.79 Å².